The molecule has 0 atom stereocenters. The van der Waals surface area contributed by atoms with Gasteiger partial charge in [0, 0.05) is 23.4 Å². The molecular formula is C18H16FN3O2. The lowest BCUT2D eigenvalue weighted by Gasteiger charge is -2.10. The largest absolute Gasteiger partial charge is 0.496 e. The Balaban J connectivity index is 1.89. The van der Waals surface area contributed by atoms with Crippen molar-refractivity contribution in [2.45, 2.75) is 0 Å². The molecule has 1 N–H and O–H groups in total. The van der Waals surface area contributed by atoms with E-state index in [1.807, 2.05) is 24.3 Å². The second kappa shape index (κ2) is 6.95. The van der Waals surface area contributed by atoms with Crippen molar-refractivity contribution in [3.05, 3.63) is 60.7 Å². The van der Waals surface area contributed by atoms with Crippen LogP contribution in [0.5, 0.6) is 11.5 Å². The smallest absolute Gasteiger partial charge is 0.167 e. The van der Waals surface area contributed by atoms with Crippen molar-refractivity contribution in [3.8, 4) is 22.8 Å². The van der Waals surface area contributed by atoms with Crippen molar-refractivity contribution in [2.24, 2.45) is 0 Å². The van der Waals surface area contributed by atoms with Crippen LogP contribution in [0.4, 0.5) is 15.9 Å². The number of hydrogen-bond acceptors (Lipinski definition) is 5. The van der Waals surface area contributed by atoms with Crippen LogP contribution in [0.25, 0.3) is 11.3 Å². The van der Waals surface area contributed by atoms with E-state index in [1.54, 1.807) is 25.3 Å². The van der Waals surface area contributed by atoms with E-state index in [1.165, 1.54) is 19.5 Å². The highest BCUT2D eigenvalue weighted by atomic mass is 19.1. The summed E-state index contributed by atoms with van der Waals surface area (Å²) in [7, 11) is 3.04. The summed E-state index contributed by atoms with van der Waals surface area (Å²) in [5, 5.41) is 3.06. The third-order valence-corrected chi connectivity index (χ3v) is 3.47. The second-order valence-corrected chi connectivity index (χ2v) is 4.96. The molecule has 3 aromatic rings. The van der Waals surface area contributed by atoms with E-state index < -0.39 is 5.82 Å². The van der Waals surface area contributed by atoms with E-state index in [2.05, 4.69) is 15.3 Å². The number of para-hydroxylation sites is 1. The van der Waals surface area contributed by atoms with Crippen molar-refractivity contribution in [3.63, 3.8) is 0 Å². The fourth-order valence-corrected chi connectivity index (χ4v) is 2.32. The van der Waals surface area contributed by atoms with Crippen LogP contribution in [-0.4, -0.2) is 24.2 Å². The Bertz CT molecular complexity index is 855. The van der Waals surface area contributed by atoms with Crippen LogP contribution < -0.4 is 14.8 Å². The van der Waals surface area contributed by atoms with Gasteiger partial charge in [0.05, 0.1) is 19.9 Å². The number of methoxy groups -OCH3 is 2. The van der Waals surface area contributed by atoms with Crippen molar-refractivity contribution in [1.29, 1.82) is 0 Å². The quantitative estimate of drug-likeness (QED) is 0.767. The maximum Gasteiger partial charge on any atom is 0.167 e. The Morgan fingerprint density at radius 3 is 2.46 bits per heavy atom. The second-order valence-electron chi connectivity index (χ2n) is 4.96. The van der Waals surface area contributed by atoms with Crippen LogP contribution in [-0.2, 0) is 0 Å². The third-order valence-electron chi connectivity index (χ3n) is 3.47. The van der Waals surface area contributed by atoms with Crippen molar-refractivity contribution >= 4 is 11.5 Å². The van der Waals surface area contributed by atoms with E-state index >= 15 is 0 Å². The fourth-order valence-electron chi connectivity index (χ4n) is 2.32. The Morgan fingerprint density at radius 2 is 1.71 bits per heavy atom. The summed E-state index contributed by atoms with van der Waals surface area (Å²) in [5.74, 6) is 1.02. The summed E-state index contributed by atoms with van der Waals surface area (Å²) >= 11 is 0. The molecule has 0 aliphatic carbocycles. The Hall–Kier alpha value is -3.15. The van der Waals surface area contributed by atoms with Gasteiger partial charge in [0.1, 0.15) is 17.9 Å². The number of benzene rings is 2. The molecule has 0 fully saturated rings. The zero-order chi connectivity index (χ0) is 16.9. The number of nitrogens with zero attached hydrogens (tertiary/aromatic N) is 2. The predicted molar refractivity (Wildman–Crippen MR) is 90.3 cm³/mol. The third kappa shape index (κ3) is 3.27. The number of halogens is 1. The minimum absolute atomic E-state index is 0.193. The Kier molecular flexibility index (Phi) is 4.56. The van der Waals surface area contributed by atoms with E-state index in [-0.39, 0.29) is 5.75 Å². The van der Waals surface area contributed by atoms with Crippen LogP contribution in [0.3, 0.4) is 0 Å². The first-order valence-electron chi connectivity index (χ1n) is 7.27. The van der Waals surface area contributed by atoms with Crippen LogP contribution in [0.15, 0.2) is 54.9 Å². The molecule has 0 radical (unpaired) electrons. The van der Waals surface area contributed by atoms with Gasteiger partial charge in [0.15, 0.2) is 11.6 Å². The Morgan fingerprint density at radius 1 is 0.917 bits per heavy atom. The molecule has 0 aliphatic heterocycles. The normalized spacial score (nSPS) is 10.3. The van der Waals surface area contributed by atoms with Gasteiger partial charge >= 0.3 is 0 Å². The van der Waals surface area contributed by atoms with Gasteiger partial charge in [-0.25, -0.2) is 14.4 Å². The molecule has 2 aromatic carbocycles. The molecule has 3 rings (SSSR count). The van der Waals surface area contributed by atoms with Gasteiger partial charge < -0.3 is 14.8 Å². The zero-order valence-corrected chi connectivity index (χ0v) is 13.3. The standard InChI is InChI=1S/C18H16FN3O2/c1-23-16-6-4-3-5-13(16)15-10-18(21-11-20-15)22-12-7-8-17(24-2)14(19)9-12/h3-11H,1-2H3,(H,20,21,22). The topological polar surface area (TPSA) is 56.3 Å². The first-order chi connectivity index (χ1) is 11.7. The van der Waals surface area contributed by atoms with Gasteiger partial charge in [0.25, 0.3) is 0 Å². The van der Waals surface area contributed by atoms with Gasteiger partial charge in [-0.2, -0.15) is 0 Å². The molecule has 0 saturated heterocycles. The fraction of sp³-hybridized carbons (Fsp3) is 0.111. The summed E-state index contributed by atoms with van der Waals surface area (Å²) in [6.45, 7) is 0. The maximum absolute atomic E-state index is 13.8. The van der Waals surface area contributed by atoms with E-state index in [0.29, 0.717) is 17.2 Å². The Labute approximate surface area is 139 Å². The lowest BCUT2D eigenvalue weighted by molar-refractivity contribution is 0.386. The molecule has 0 aliphatic rings. The summed E-state index contributed by atoms with van der Waals surface area (Å²) in [6, 6.07) is 14.0. The molecular weight excluding hydrogens is 309 g/mol. The molecule has 0 unspecified atom stereocenters. The molecule has 1 aromatic heterocycles. The van der Waals surface area contributed by atoms with Crippen molar-refractivity contribution in [1.82, 2.24) is 9.97 Å². The summed E-state index contributed by atoms with van der Waals surface area (Å²) in [5.41, 5.74) is 2.13. The predicted octanol–water partition coefficient (Wildman–Crippen LogP) is 4.04. The highest BCUT2D eigenvalue weighted by Crippen LogP contribution is 2.29. The van der Waals surface area contributed by atoms with Gasteiger partial charge in [-0.05, 0) is 24.3 Å². The number of aromatic nitrogens is 2. The van der Waals surface area contributed by atoms with Gasteiger partial charge in [-0.1, -0.05) is 12.1 Å². The summed E-state index contributed by atoms with van der Waals surface area (Å²) in [4.78, 5) is 8.45. The van der Waals surface area contributed by atoms with Gasteiger partial charge in [0.2, 0.25) is 0 Å². The van der Waals surface area contributed by atoms with E-state index in [0.717, 1.165) is 11.3 Å². The van der Waals surface area contributed by atoms with Crippen LogP contribution in [0.1, 0.15) is 0 Å². The lowest BCUT2D eigenvalue weighted by atomic mass is 10.1. The minimum Gasteiger partial charge on any atom is -0.496 e. The van der Waals surface area contributed by atoms with E-state index in [9.17, 15) is 4.39 Å². The molecule has 1 heterocycles. The molecule has 24 heavy (non-hydrogen) atoms. The average molecular weight is 325 g/mol. The molecule has 0 spiro atoms. The zero-order valence-electron chi connectivity index (χ0n) is 13.3. The first-order valence-corrected chi connectivity index (χ1v) is 7.27. The molecule has 0 amide bonds. The molecule has 0 saturated carbocycles. The molecule has 122 valence electrons. The van der Waals surface area contributed by atoms with Crippen molar-refractivity contribution in [2.75, 3.05) is 19.5 Å². The monoisotopic (exact) mass is 325 g/mol. The van der Waals surface area contributed by atoms with Crippen LogP contribution >= 0.6 is 0 Å². The molecule has 6 heteroatoms. The van der Waals surface area contributed by atoms with E-state index in [4.69, 9.17) is 9.47 Å². The SMILES string of the molecule is COc1ccc(Nc2cc(-c3ccccc3OC)ncn2)cc1F. The van der Waals surface area contributed by atoms with Crippen molar-refractivity contribution < 1.29 is 13.9 Å². The van der Waals surface area contributed by atoms with Crippen LogP contribution in [0, 0.1) is 5.82 Å². The number of rotatable bonds is 5. The molecule has 0 bridgehead atoms. The number of hydrogen-bond donors (Lipinski definition) is 1. The number of anilines is 2. The van der Waals surface area contributed by atoms with Gasteiger partial charge in [-0.15, -0.1) is 0 Å². The minimum atomic E-state index is -0.443. The highest BCUT2D eigenvalue weighted by molar-refractivity contribution is 5.70. The maximum atomic E-state index is 13.8. The first kappa shape index (κ1) is 15.7. The average Bonchev–Trinajstić information content (AvgIpc) is 2.62. The summed E-state index contributed by atoms with van der Waals surface area (Å²) < 4.78 is 24.0. The number of ether oxygens (including phenoxy) is 2. The summed E-state index contributed by atoms with van der Waals surface area (Å²) in [6.07, 6.45) is 1.45. The highest BCUT2D eigenvalue weighted by Gasteiger charge is 2.09. The van der Waals surface area contributed by atoms with Gasteiger partial charge in [-0.3, -0.25) is 0 Å². The lowest BCUT2D eigenvalue weighted by Crippen LogP contribution is -1.97. The number of nitrogens with one attached hydrogen (secondary N) is 1. The van der Waals surface area contributed by atoms with Crippen LogP contribution in [0.2, 0.25) is 0 Å². The molecule has 5 nitrogen and oxygen atoms in total.